The maximum absolute atomic E-state index is 5.56. The van der Waals surface area contributed by atoms with E-state index in [1.807, 2.05) is 0 Å². The summed E-state index contributed by atoms with van der Waals surface area (Å²) in [5.41, 5.74) is 8.66. The number of rotatable bonds is 4. The van der Waals surface area contributed by atoms with Gasteiger partial charge in [0, 0.05) is 6.54 Å². The number of aryl methyl sites for hydroxylation is 1. The van der Waals surface area contributed by atoms with E-state index in [-0.39, 0.29) is 0 Å². The first-order chi connectivity index (χ1) is 7.01. The summed E-state index contributed by atoms with van der Waals surface area (Å²) in [4.78, 5) is 0. The molecule has 0 aliphatic rings. The second-order valence-corrected chi connectivity index (χ2v) is 5.43. The predicted molar refractivity (Wildman–Crippen MR) is 66.7 cm³/mol. The van der Waals surface area contributed by atoms with E-state index in [4.69, 9.17) is 5.73 Å². The maximum atomic E-state index is 5.56. The zero-order valence-corrected chi connectivity index (χ0v) is 10.2. The summed E-state index contributed by atoms with van der Waals surface area (Å²) in [5.74, 6) is 0. The Morgan fingerprint density at radius 2 is 1.53 bits per heavy atom. The standard InChI is InChI=1S/C14H23N/c1-14(2,3)10-4-5-12-6-8-13(11-15)9-7-12/h6-9H,4-5,10-11,15H2,1-3H3. The van der Waals surface area contributed by atoms with Gasteiger partial charge in [-0.05, 0) is 35.8 Å². The maximum Gasteiger partial charge on any atom is 0.0178 e. The van der Waals surface area contributed by atoms with Crippen LogP contribution in [-0.4, -0.2) is 0 Å². The molecule has 0 radical (unpaired) electrons. The molecule has 0 aliphatic carbocycles. The van der Waals surface area contributed by atoms with Gasteiger partial charge in [-0.1, -0.05) is 45.0 Å². The lowest BCUT2D eigenvalue weighted by atomic mass is 9.89. The molecule has 0 fully saturated rings. The van der Waals surface area contributed by atoms with Crippen molar-refractivity contribution < 1.29 is 0 Å². The molecule has 0 heterocycles. The number of nitrogens with two attached hydrogens (primary N) is 1. The molecule has 0 aromatic heterocycles. The summed E-state index contributed by atoms with van der Waals surface area (Å²) in [6, 6.07) is 8.66. The molecule has 0 aliphatic heterocycles. The Morgan fingerprint density at radius 3 is 2.00 bits per heavy atom. The zero-order valence-electron chi connectivity index (χ0n) is 10.2. The minimum absolute atomic E-state index is 0.456. The van der Waals surface area contributed by atoms with Crippen molar-refractivity contribution in [1.29, 1.82) is 0 Å². The molecule has 0 saturated carbocycles. The van der Waals surface area contributed by atoms with Gasteiger partial charge in [0.2, 0.25) is 0 Å². The van der Waals surface area contributed by atoms with Gasteiger partial charge in [-0.15, -0.1) is 0 Å². The van der Waals surface area contributed by atoms with Crippen LogP contribution < -0.4 is 5.73 Å². The van der Waals surface area contributed by atoms with E-state index in [1.165, 1.54) is 30.4 Å². The van der Waals surface area contributed by atoms with Crippen LogP contribution in [0.5, 0.6) is 0 Å². The minimum Gasteiger partial charge on any atom is -0.326 e. The molecule has 15 heavy (non-hydrogen) atoms. The van der Waals surface area contributed by atoms with E-state index >= 15 is 0 Å². The lowest BCUT2D eigenvalue weighted by Gasteiger charge is -2.17. The summed E-state index contributed by atoms with van der Waals surface area (Å²) < 4.78 is 0. The molecular weight excluding hydrogens is 182 g/mol. The molecular formula is C14H23N. The third kappa shape index (κ3) is 4.98. The number of hydrogen-bond donors (Lipinski definition) is 1. The lowest BCUT2D eigenvalue weighted by Crippen LogP contribution is -2.05. The van der Waals surface area contributed by atoms with Crippen molar-refractivity contribution in [2.45, 2.75) is 46.6 Å². The fourth-order valence-corrected chi connectivity index (χ4v) is 1.66. The van der Waals surface area contributed by atoms with E-state index in [9.17, 15) is 0 Å². The number of benzene rings is 1. The van der Waals surface area contributed by atoms with Crippen LogP contribution in [0.25, 0.3) is 0 Å². The van der Waals surface area contributed by atoms with Crippen LogP contribution >= 0.6 is 0 Å². The third-order valence-electron chi connectivity index (χ3n) is 2.65. The smallest absolute Gasteiger partial charge is 0.0178 e. The zero-order chi connectivity index (χ0) is 11.3. The molecule has 0 amide bonds. The van der Waals surface area contributed by atoms with Crippen molar-refractivity contribution in [3.63, 3.8) is 0 Å². The Morgan fingerprint density at radius 1 is 1.00 bits per heavy atom. The summed E-state index contributed by atoms with van der Waals surface area (Å²) in [5, 5.41) is 0. The van der Waals surface area contributed by atoms with Gasteiger partial charge in [-0.25, -0.2) is 0 Å². The van der Waals surface area contributed by atoms with Crippen molar-refractivity contribution >= 4 is 0 Å². The quantitative estimate of drug-likeness (QED) is 0.799. The van der Waals surface area contributed by atoms with E-state index in [0.29, 0.717) is 12.0 Å². The highest BCUT2D eigenvalue weighted by molar-refractivity contribution is 5.22. The van der Waals surface area contributed by atoms with Crippen LogP contribution in [0.2, 0.25) is 0 Å². The molecule has 1 rings (SSSR count). The van der Waals surface area contributed by atoms with E-state index < -0.39 is 0 Å². The highest BCUT2D eigenvalue weighted by Crippen LogP contribution is 2.21. The van der Waals surface area contributed by atoms with Crippen LogP contribution in [0.3, 0.4) is 0 Å². The van der Waals surface area contributed by atoms with Gasteiger partial charge >= 0.3 is 0 Å². The average Bonchev–Trinajstić information content (AvgIpc) is 2.17. The Bertz CT molecular complexity index is 279. The van der Waals surface area contributed by atoms with Crippen LogP contribution in [0, 0.1) is 5.41 Å². The number of hydrogen-bond acceptors (Lipinski definition) is 1. The fourth-order valence-electron chi connectivity index (χ4n) is 1.66. The molecule has 2 N–H and O–H groups in total. The summed E-state index contributed by atoms with van der Waals surface area (Å²) in [6.07, 6.45) is 3.74. The Balaban J connectivity index is 2.38. The van der Waals surface area contributed by atoms with Crippen LogP contribution in [0.4, 0.5) is 0 Å². The normalized spacial score (nSPS) is 11.7. The van der Waals surface area contributed by atoms with E-state index in [2.05, 4.69) is 45.0 Å². The molecule has 0 saturated heterocycles. The fraction of sp³-hybridized carbons (Fsp3) is 0.571. The van der Waals surface area contributed by atoms with E-state index in [0.717, 1.165) is 0 Å². The van der Waals surface area contributed by atoms with Crippen molar-refractivity contribution in [3.05, 3.63) is 35.4 Å². The monoisotopic (exact) mass is 205 g/mol. The summed E-state index contributed by atoms with van der Waals surface area (Å²) >= 11 is 0. The first-order valence-electron chi connectivity index (χ1n) is 5.79. The third-order valence-corrected chi connectivity index (χ3v) is 2.65. The topological polar surface area (TPSA) is 26.0 Å². The SMILES string of the molecule is CC(C)(C)CCCc1ccc(CN)cc1. The van der Waals surface area contributed by atoms with Gasteiger partial charge in [0.05, 0.1) is 0 Å². The van der Waals surface area contributed by atoms with Gasteiger partial charge < -0.3 is 5.73 Å². The molecule has 0 bridgehead atoms. The lowest BCUT2D eigenvalue weighted by molar-refractivity contribution is 0.365. The molecule has 1 aromatic carbocycles. The van der Waals surface area contributed by atoms with Crippen LogP contribution in [0.15, 0.2) is 24.3 Å². The van der Waals surface area contributed by atoms with Gasteiger partial charge in [-0.2, -0.15) is 0 Å². The van der Waals surface area contributed by atoms with Crippen molar-refractivity contribution in [1.82, 2.24) is 0 Å². The molecule has 0 unspecified atom stereocenters. The molecule has 1 nitrogen and oxygen atoms in total. The Kier molecular flexibility index (Phi) is 4.34. The van der Waals surface area contributed by atoms with E-state index in [1.54, 1.807) is 0 Å². The Hall–Kier alpha value is -0.820. The second kappa shape index (κ2) is 5.32. The molecule has 1 heteroatoms. The molecule has 1 aromatic rings. The molecule has 84 valence electrons. The first-order valence-corrected chi connectivity index (χ1v) is 5.79. The van der Waals surface area contributed by atoms with Gasteiger partial charge in [-0.3, -0.25) is 0 Å². The van der Waals surface area contributed by atoms with Gasteiger partial charge in [0.15, 0.2) is 0 Å². The molecule has 0 atom stereocenters. The predicted octanol–water partition coefficient (Wildman–Crippen LogP) is 3.51. The first kappa shape index (κ1) is 12.3. The summed E-state index contributed by atoms with van der Waals surface area (Å²) in [7, 11) is 0. The summed E-state index contributed by atoms with van der Waals surface area (Å²) in [6.45, 7) is 7.53. The van der Waals surface area contributed by atoms with Gasteiger partial charge in [0.1, 0.15) is 0 Å². The van der Waals surface area contributed by atoms with Crippen molar-refractivity contribution in [2.24, 2.45) is 11.1 Å². The average molecular weight is 205 g/mol. The van der Waals surface area contributed by atoms with Gasteiger partial charge in [0.25, 0.3) is 0 Å². The van der Waals surface area contributed by atoms with Crippen LogP contribution in [0.1, 0.15) is 44.7 Å². The van der Waals surface area contributed by atoms with Crippen LogP contribution in [-0.2, 0) is 13.0 Å². The highest BCUT2D eigenvalue weighted by Gasteiger charge is 2.08. The van der Waals surface area contributed by atoms with Crippen molar-refractivity contribution in [2.75, 3.05) is 0 Å². The molecule has 0 spiro atoms. The van der Waals surface area contributed by atoms with Crippen molar-refractivity contribution in [3.8, 4) is 0 Å². The second-order valence-electron chi connectivity index (χ2n) is 5.43. The largest absolute Gasteiger partial charge is 0.326 e. The minimum atomic E-state index is 0.456. The highest BCUT2D eigenvalue weighted by atomic mass is 14.5. The Labute approximate surface area is 93.7 Å².